The van der Waals surface area contributed by atoms with E-state index in [4.69, 9.17) is 0 Å². The summed E-state index contributed by atoms with van der Waals surface area (Å²) >= 11 is 1.66. The van der Waals surface area contributed by atoms with Gasteiger partial charge in [-0.25, -0.2) is 9.97 Å². The zero-order valence-electron chi connectivity index (χ0n) is 10.4. The zero-order chi connectivity index (χ0) is 12.1. The third-order valence-electron chi connectivity index (χ3n) is 2.76. The number of rotatable bonds is 6. The van der Waals surface area contributed by atoms with Crippen molar-refractivity contribution >= 4 is 27.4 Å². The molecule has 0 spiro atoms. The van der Waals surface area contributed by atoms with Gasteiger partial charge in [0.1, 0.15) is 17.0 Å². The predicted octanol–water partition coefficient (Wildman–Crippen LogP) is 3.93. The Kier molecular flexibility index (Phi) is 4.31. The molecular weight excluding hydrogens is 230 g/mol. The van der Waals surface area contributed by atoms with Gasteiger partial charge in [-0.15, -0.1) is 11.3 Å². The second kappa shape index (κ2) is 5.96. The molecule has 17 heavy (non-hydrogen) atoms. The van der Waals surface area contributed by atoms with E-state index in [9.17, 15) is 0 Å². The molecule has 0 radical (unpaired) electrons. The monoisotopic (exact) mass is 249 g/mol. The molecule has 2 rings (SSSR count). The molecule has 0 amide bonds. The van der Waals surface area contributed by atoms with Crippen LogP contribution in [0.2, 0.25) is 0 Å². The van der Waals surface area contributed by atoms with E-state index >= 15 is 0 Å². The fraction of sp³-hybridized carbons (Fsp3) is 0.538. The van der Waals surface area contributed by atoms with Crippen molar-refractivity contribution in [2.24, 2.45) is 5.92 Å². The lowest BCUT2D eigenvalue weighted by molar-refractivity contribution is 0.544. The van der Waals surface area contributed by atoms with Crippen LogP contribution in [0.4, 0.5) is 5.82 Å². The number of anilines is 1. The van der Waals surface area contributed by atoms with E-state index in [-0.39, 0.29) is 0 Å². The summed E-state index contributed by atoms with van der Waals surface area (Å²) in [5.41, 5.74) is 0. The van der Waals surface area contributed by atoms with E-state index in [1.54, 1.807) is 17.7 Å². The molecule has 0 bridgehead atoms. The minimum Gasteiger partial charge on any atom is -0.369 e. The Bertz CT molecular complexity index is 464. The van der Waals surface area contributed by atoms with E-state index in [0.29, 0.717) is 0 Å². The second-order valence-corrected chi connectivity index (χ2v) is 5.57. The third kappa shape index (κ3) is 3.40. The van der Waals surface area contributed by atoms with E-state index in [0.717, 1.165) is 28.5 Å². The van der Waals surface area contributed by atoms with Gasteiger partial charge in [0.2, 0.25) is 0 Å². The molecule has 1 N–H and O–H groups in total. The lowest BCUT2D eigenvalue weighted by Crippen LogP contribution is -2.04. The first-order valence-electron chi connectivity index (χ1n) is 6.19. The molecule has 0 aromatic carbocycles. The van der Waals surface area contributed by atoms with E-state index in [2.05, 4.69) is 40.6 Å². The molecule has 0 saturated heterocycles. The number of nitrogens with zero attached hydrogens (tertiary/aromatic N) is 2. The summed E-state index contributed by atoms with van der Waals surface area (Å²) in [6, 6.07) is 2.08. The molecular formula is C13H19N3S. The second-order valence-electron chi connectivity index (χ2n) is 4.68. The Hall–Kier alpha value is -1.16. The summed E-state index contributed by atoms with van der Waals surface area (Å²) in [6.07, 6.45) is 5.42. The minimum absolute atomic E-state index is 0.803. The van der Waals surface area contributed by atoms with Gasteiger partial charge in [-0.1, -0.05) is 26.7 Å². The lowest BCUT2D eigenvalue weighted by atomic mass is 10.1. The van der Waals surface area contributed by atoms with Gasteiger partial charge >= 0.3 is 0 Å². The number of fused-ring (bicyclic) bond motifs is 1. The summed E-state index contributed by atoms with van der Waals surface area (Å²) in [7, 11) is 0. The van der Waals surface area contributed by atoms with Crippen LogP contribution in [-0.2, 0) is 0 Å². The van der Waals surface area contributed by atoms with Crippen molar-refractivity contribution in [1.29, 1.82) is 0 Å². The Morgan fingerprint density at radius 3 is 3.00 bits per heavy atom. The molecule has 2 heterocycles. The van der Waals surface area contributed by atoms with Crippen LogP contribution < -0.4 is 5.32 Å². The fourth-order valence-corrected chi connectivity index (χ4v) is 2.55. The molecule has 0 aliphatic carbocycles. The van der Waals surface area contributed by atoms with Crippen LogP contribution in [0.5, 0.6) is 0 Å². The number of hydrogen-bond donors (Lipinski definition) is 1. The van der Waals surface area contributed by atoms with Crippen molar-refractivity contribution in [3.63, 3.8) is 0 Å². The molecule has 0 aliphatic rings. The Balaban J connectivity index is 1.84. The van der Waals surface area contributed by atoms with Gasteiger partial charge in [-0.05, 0) is 23.8 Å². The molecule has 0 unspecified atom stereocenters. The van der Waals surface area contributed by atoms with Crippen LogP contribution in [0.25, 0.3) is 10.2 Å². The van der Waals surface area contributed by atoms with Crippen molar-refractivity contribution in [2.45, 2.75) is 33.1 Å². The molecule has 0 atom stereocenters. The standard InChI is InChI=1S/C13H19N3S/c1-10(2)5-3-4-7-14-12-11-6-8-17-13(11)16-9-15-12/h6,8-10H,3-5,7H2,1-2H3,(H,14,15,16). The van der Waals surface area contributed by atoms with Crippen LogP contribution in [-0.4, -0.2) is 16.5 Å². The molecule has 2 aromatic rings. The van der Waals surface area contributed by atoms with Crippen molar-refractivity contribution in [3.05, 3.63) is 17.8 Å². The largest absolute Gasteiger partial charge is 0.369 e. The summed E-state index contributed by atoms with van der Waals surface area (Å²) in [6.45, 7) is 5.54. The summed E-state index contributed by atoms with van der Waals surface area (Å²) in [5, 5.41) is 6.60. The Morgan fingerprint density at radius 2 is 2.18 bits per heavy atom. The molecule has 3 nitrogen and oxygen atoms in total. The van der Waals surface area contributed by atoms with Gasteiger partial charge < -0.3 is 5.32 Å². The van der Waals surface area contributed by atoms with Crippen molar-refractivity contribution in [2.75, 3.05) is 11.9 Å². The Morgan fingerprint density at radius 1 is 1.29 bits per heavy atom. The summed E-state index contributed by atoms with van der Waals surface area (Å²) in [4.78, 5) is 9.59. The van der Waals surface area contributed by atoms with Gasteiger partial charge in [0.25, 0.3) is 0 Å². The zero-order valence-corrected chi connectivity index (χ0v) is 11.3. The molecule has 0 aliphatic heterocycles. The quantitative estimate of drug-likeness (QED) is 0.788. The fourth-order valence-electron chi connectivity index (χ4n) is 1.82. The molecule has 0 fully saturated rings. The SMILES string of the molecule is CC(C)CCCCNc1ncnc2sccc12. The first kappa shape index (κ1) is 12.3. The van der Waals surface area contributed by atoms with Crippen molar-refractivity contribution in [1.82, 2.24) is 9.97 Å². The number of hydrogen-bond acceptors (Lipinski definition) is 4. The smallest absolute Gasteiger partial charge is 0.138 e. The minimum atomic E-state index is 0.803. The average molecular weight is 249 g/mol. The van der Waals surface area contributed by atoms with Crippen molar-refractivity contribution in [3.8, 4) is 0 Å². The maximum atomic E-state index is 4.30. The first-order valence-corrected chi connectivity index (χ1v) is 7.07. The maximum Gasteiger partial charge on any atom is 0.138 e. The third-order valence-corrected chi connectivity index (χ3v) is 3.58. The highest BCUT2D eigenvalue weighted by Gasteiger charge is 2.03. The normalized spacial score (nSPS) is 11.2. The summed E-state index contributed by atoms with van der Waals surface area (Å²) in [5.74, 6) is 1.78. The summed E-state index contributed by atoms with van der Waals surface area (Å²) < 4.78 is 0. The van der Waals surface area contributed by atoms with Gasteiger partial charge in [-0.3, -0.25) is 0 Å². The topological polar surface area (TPSA) is 37.8 Å². The first-order chi connectivity index (χ1) is 8.27. The lowest BCUT2D eigenvalue weighted by Gasteiger charge is -2.07. The molecule has 4 heteroatoms. The van der Waals surface area contributed by atoms with Gasteiger partial charge in [-0.2, -0.15) is 0 Å². The molecule has 2 aromatic heterocycles. The van der Waals surface area contributed by atoms with Crippen LogP contribution >= 0.6 is 11.3 Å². The number of nitrogens with one attached hydrogen (secondary N) is 1. The average Bonchev–Trinajstić information content (AvgIpc) is 2.77. The number of unbranched alkanes of at least 4 members (excludes halogenated alkanes) is 1. The van der Waals surface area contributed by atoms with Gasteiger partial charge in [0, 0.05) is 6.54 Å². The van der Waals surface area contributed by atoms with Gasteiger partial charge in [0.05, 0.1) is 5.39 Å². The van der Waals surface area contributed by atoms with Crippen LogP contribution in [0.3, 0.4) is 0 Å². The van der Waals surface area contributed by atoms with E-state index in [1.807, 2.05) is 0 Å². The van der Waals surface area contributed by atoms with Crippen LogP contribution in [0.1, 0.15) is 33.1 Å². The molecule has 92 valence electrons. The highest BCUT2D eigenvalue weighted by molar-refractivity contribution is 7.16. The highest BCUT2D eigenvalue weighted by Crippen LogP contribution is 2.23. The maximum absolute atomic E-state index is 4.30. The predicted molar refractivity (Wildman–Crippen MR) is 74.6 cm³/mol. The van der Waals surface area contributed by atoms with E-state index in [1.165, 1.54) is 19.3 Å². The number of aromatic nitrogens is 2. The van der Waals surface area contributed by atoms with Gasteiger partial charge in [0.15, 0.2) is 0 Å². The van der Waals surface area contributed by atoms with Crippen molar-refractivity contribution < 1.29 is 0 Å². The molecule has 0 saturated carbocycles. The van der Waals surface area contributed by atoms with Crippen LogP contribution in [0, 0.1) is 5.92 Å². The Labute approximate surface area is 106 Å². The number of thiophene rings is 1. The van der Waals surface area contributed by atoms with E-state index < -0.39 is 0 Å². The van der Waals surface area contributed by atoms with Crippen LogP contribution in [0.15, 0.2) is 17.8 Å². The highest BCUT2D eigenvalue weighted by atomic mass is 32.1.